The van der Waals surface area contributed by atoms with Crippen LogP contribution >= 0.6 is 0 Å². The molecule has 0 saturated carbocycles. The van der Waals surface area contributed by atoms with Gasteiger partial charge in [-0.2, -0.15) is 0 Å². The molecule has 4 nitrogen and oxygen atoms in total. The molecule has 0 unspecified atom stereocenters. The average Bonchev–Trinajstić information content (AvgIpc) is 2.60. The van der Waals surface area contributed by atoms with Gasteiger partial charge in [0, 0.05) is 24.2 Å². The van der Waals surface area contributed by atoms with Crippen LogP contribution in [0.2, 0.25) is 0 Å². The largest absolute Gasteiger partial charge is 0.294 e. The molecule has 0 aliphatic heterocycles. The minimum atomic E-state index is -0.353. The first-order valence-electron chi connectivity index (χ1n) is 8.57. The van der Waals surface area contributed by atoms with E-state index in [1.807, 2.05) is 18.2 Å². The molecule has 0 bridgehead atoms. The van der Waals surface area contributed by atoms with Gasteiger partial charge in [-0.05, 0) is 44.4 Å². The van der Waals surface area contributed by atoms with E-state index in [0.29, 0.717) is 12.1 Å². The number of non-ortho nitro benzene ring substituents is 1. The fourth-order valence-corrected chi connectivity index (χ4v) is 3.19. The maximum absolute atomic E-state index is 10.8. The fourth-order valence-electron chi connectivity index (χ4n) is 3.19. The predicted octanol–water partition coefficient (Wildman–Crippen LogP) is 5.00. The minimum absolute atomic E-state index is 0.148. The van der Waals surface area contributed by atoms with E-state index in [1.54, 1.807) is 12.1 Å². The highest BCUT2D eigenvalue weighted by Gasteiger charge is 2.21. The molecule has 2 aromatic rings. The monoisotopic (exact) mass is 326 g/mol. The van der Waals surface area contributed by atoms with Gasteiger partial charge in [-0.15, -0.1) is 0 Å². The molecule has 0 saturated heterocycles. The van der Waals surface area contributed by atoms with Crippen LogP contribution in [0.25, 0.3) is 0 Å². The third kappa shape index (κ3) is 4.65. The summed E-state index contributed by atoms with van der Waals surface area (Å²) in [6, 6.07) is 18.2. The molecule has 0 heterocycles. The highest BCUT2D eigenvalue weighted by Crippen LogP contribution is 2.24. The number of hydrogen-bond donors (Lipinski definition) is 0. The van der Waals surface area contributed by atoms with Crippen molar-refractivity contribution in [2.24, 2.45) is 0 Å². The maximum Gasteiger partial charge on any atom is 0.269 e. The molecule has 0 amide bonds. The molecule has 0 aliphatic rings. The molecule has 4 heteroatoms. The molecule has 128 valence electrons. The molecule has 0 N–H and O–H groups in total. The summed E-state index contributed by atoms with van der Waals surface area (Å²) in [5, 5.41) is 10.8. The Balaban J connectivity index is 2.10. The van der Waals surface area contributed by atoms with Gasteiger partial charge < -0.3 is 0 Å². The Labute approximate surface area is 144 Å². The van der Waals surface area contributed by atoms with Gasteiger partial charge >= 0.3 is 0 Å². The summed E-state index contributed by atoms with van der Waals surface area (Å²) in [7, 11) is 0. The van der Waals surface area contributed by atoms with Gasteiger partial charge in [-0.25, -0.2) is 0 Å². The van der Waals surface area contributed by atoms with Gasteiger partial charge in [0.1, 0.15) is 0 Å². The molecule has 0 radical (unpaired) electrons. The molecular formula is C20H26N2O2. The number of nitrogens with zero attached hydrogens (tertiary/aromatic N) is 2. The first kappa shape index (κ1) is 18.1. The van der Waals surface area contributed by atoms with Crippen molar-refractivity contribution in [2.75, 3.05) is 6.54 Å². The minimum Gasteiger partial charge on any atom is -0.294 e. The summed E-state index contributed by atoms with van der Waals surface area (Å²) in [5.41, 5.74) is 2.60. The Hall–Kier alpha value is -2.20. The highest BCUT2D eigenvalue weighted by atomic mass is 16.6. The number of nitro benzene ring substituents is 1. The summed E-state index contributed by atoms with van der Waals surface area (Å²) in [5.74, 6) is 0. The van der Waals surface area contributed by atoms with Gasteiger partial charge in [0.25, 0.3) is 5.69 Å². The van der Waals surface area contributed by atoms with Gasteiger partial charge in [0.2, 0.25) is 0 Å². The topological polar surface area (TPSA) is 46.4 Å². The van der Waals surface area contributed by atoms with Crippen LogP contribution in [0.5, 0.6) is 0 Å². The van der Waals surface area contributed by atoms with Gasteiger partial charge in [0.15, 0.2) is 0 Å². The van der Waals surface area contributed by atoms with Crippen molar-refractivity contribution in [1.29, 1.82) is 0 Å². The zero-order valence-corrected chi connectivity index (χ0v) is 14.7. The predicted molar refractivity (Wildman–Crippen MR) is 98.1 cm³/mol. The van der Waals surface area contributed by atoms with Crippen molar-refractivity contribution in [1.82, 2.24) is 4.90 Å². The van der Waals surface area contributed by atoms with E-state index in [4.69, 9.17) is 0 Å². The second kappa shape index (κ2) is 8.60. The quantitative estimate of drug-likeness (QED) is 0.506. The smallest absolute Gasteiger partial charge is 0.269 e. The summed E-state index contributed by atoms with van der Waals surface area (Å²) in [4.78, 5) is 12.9. The molecule has 24 heavy (non-hydrogen) atoms. The lowest BCUT2D eigenvalue weighted by Gasteiger charge is -2.35. The third-order valence-corrected chi connectivity index (χ3v) is 4.51. The highest BCUT2D eigenvalue weighted by molar-refractivity contribution is 5.33. The lowest BCUT2D eigenvalue weighted by Crippen LogP contribution is -2.37. The Morgan fingerprint density at radius 3 is 2.21 bits per heavy atom. The second-order valence-electron chi connectivity index (χ2n) is 6.30. The number of nitro groups is 1. The van der Waals surface area contributed by atoms with E-state index >= 15 is 0 Å². The van der Waals surface area contributed by atoms with Crippen molar-refractivity contribution in [3.8, 4) is 0 Å². The van der Waals surface area contributed by atoms with Crippen LogP contribution in [0, 0.1) is 10.1 Å². The van der Waals surface area contributed by atoms with Crippen LogP contribution in [-0.4, -0.2) is 22.4 Å². The maximum atomic E-state index is 10.8. The molecule has 0 aromatic heterocycles. The standard InChI is InChI=1S/C20H26N2O2/c1-4-14-21(17(3)19-8-6-5-7-9-19)16(2)15-18-10-12-20(13-11-18)22(23)24/h5-13,16-17H,4,14-15H2,1-3H3/t16-,17-/m1/s1. The lowest BCUT2D eigenvalue weighted by atomic mass is 10.0. The zero-order valence-electron chi connectivity index (χ0n) is 14.7. The number of hydrogen-bond acceptors (Lipinski definition) is 3. The fraction of sp³-hybridized carbons (Fsp3) is 0.400. The van der Waals surface area contributed by atoms with Gasteiger partial charge in [-0.3, -0.25) is 15.0 Å². The molecule has 2 aromatic carbocycles. The van der Waals surface area contributed by atoms with E-state index < -0.39 is 0 Å². The van der Waals surface area contributed by atoms with Gasteiger partial charge in [0.05, 0.1) is 4.92 Å². The average molecular weight is 326 g/mol. The molecule has 2 rings (SSSR count). The molecular weight excluding hydrogens is 300 g/mol. The SMILES string of the molecule is CCCN([C@H](C)Cc1ccc([N+](=O)[O-])cc1)[C@H](C)c1ccccc1. The van der Waals surface area contributed by atoms with Crippen LogP contribution < -0.4 is 0 Å². The second-order valence-corrected chi connectivity index (χ2v) is 6.30. The van der Waals surface area contributed by atoms with Crippen molar-refractivity contribution >= 4 is 5.69 Å². The summed E-state index contributed by atoms with van der Waals surface area (Å²) >= 11 is 0. The Morgan fingerprint density at radius 1 is 1.04 bits per heavy atom. The first-order chi connectivity index (χ1) is 11.5. The Kier molecular flexibility index (Phi) is 6.50. The summed E-state index contributed by atoms with van der Waals surface area (Å²) in [6.07, 6.45) is 1.98. The van der Waals surface area contributed by atoms with Crippen LogP contribution in [0.15, 0.2) is 54.6 Å². The van der Waals surface area contributed by atoms with E-state index in [2.05, 4.69) is 49.9 Å². The van der Waals surface area contributed by atoms with E-state index in [-0.39, 0.29) is 10.6 Å². The first-order valence-corrected chi connectivity index (χ1v) is 8.57. The van der Waals surface area contributed by atoms with Crippen molar-refractivity contribution < 1.29 is 4.92 Å². The van der Waals surface area contributed by atoms with Crippen LogP contribution in [0.1, 0.15) is 44.4 Å². The summed E-state index contributed by atoms with van der Waals surface area (Å²) < 4.78 is 0. The number of benzene rings is 2. The third-order valence-electron chi connectivity index (χ3n) is 4.51. The lowest BCUT2D eigenvalue weighted by molar-refractivity contribution is -0.384. The Bertz CT molecular complexity index is 640. The zero-order chi connectivity index (χ0) is 17.5. The van der Waals surface area contributed by atoms with Crippen molar-refractivity contribution in [3.63, 3.8) is 0 Å². The van der Waals surface area contributed by atoms with E-state index in [0.717, 1.165) is 24.9 Å². The van der Waals surface area contributed by atoms with Crippen LogP contribution in [-0.2, 0) is 6.42 Å². The Morgan fingerprint density at radius 2 is 1.67 bits per heavy atom. The van der Waals surface area contributed by atoms with Crippen molar-refractivity contribution in [3.05, 3.63) is 75.8 Å². The van der Waals surface area contributed by atoms with E-state index in [9.17, 15) is 10.1 Å². The summed E-state index contributed by atoms with van der Waals surface area (Å²) in [6.45, 7) is 7.71. The molecule has 2 atom stereocenters. The normalized spacial score (nSPS) is 13.7. The molecule has 0 aliphatic carbocycles. The van der Waals surface area contributed by atoms with Crippen molar-refractivity contribution in [2.45, 2.75) is 45.7 Å². The van der Waals surface area contributed by atoms with Gasteiger partial charge in [-0.1, -0.05) is 49.4 Å². The van der Waals surface area contributed by atoms with E-state index in [1.165, 1.54) is 5.56 Å². The van der Waals surface area contributed by atoms with Crippen LogP contribution in [0.4, 0.5) is 5.69 Å². The molecule has 0 fully saturated rings. The molecule has 0 spiro atoms. The van der Waals surface area contributed by atoms with Crippen LogP contribution in [0.3, 0.4) is 0 Å². The number of rotatable bonds is 8.